The predicted octanol–water partition coefficient (Wildman–Crippen LogP) is 3.16. The Kier molecular flexibility index (Phi) is 4.79. The normalized spacial score (nSPS) is 27.5. The number of rotatable bonds is 4. The summed E-state index contributed by atoms with van der Waals surface area (Å²) in [5.41, 5.74) is 0.230. The van der Waals surface area contributed by atoms with E-state index in [0.29, 0.717) is 5.95 Å². The van der Waals surface area contributed by atoms with Gasteiger partial charge in [0, 0.05) is 24.5 Å². The number of likely N-dealkylation sites (N-methyl/N-ethyl adjacent to an activating group) is 1. The Bertz CT molecular complexity index is 406. The molecule has 0 saturated heterocycles. The number of hydrogen-bond acceptors (Lipinski definition) is 4. The van der Waals surface area contributed by atoms with Crippen molar-refractivity contribution in [3.63, 3.8) is 0 Å². The molecule has 0 aliphatic heterocycles. The summed E-state index contributed by atoms with van der Waals surface area (Å²) in [5.74, 6) is 1.51. The summed E-state index contributed by atoms with van der Waals surface area (Å²) < 4.78 is 0.909. The zero-order valence-electron chi connectivity index (χ0n) is 12.0. The van der Waals surface area contributed by atoms with E-state index in [-0.39, 0.29) is 5.54 Å². The molecule has 1 fully saturated rings. The van der Waals surface area contributed by atoms with Crippen LogP contribution in [0.3, 0.4) is 0 Å². The monoisotopic (exact) mass is 326 g/mol. The van der Waals surface area contributed by atoms with Crippen LogP contribution in [0.4, 0.5) is 5.95 Å². The first-order chi connectivity index (χ1) is 9.02. The van der Waals surface area contributed by atoms with Crippen molar-refractivity contribution in [1.82, 2.24) is 14.9 Å². The van der Waals surface area contributed by atoms with Crippen molar-refractivity contribution in [2.24, 2.45) is 5.92 Å². The van der Waals surface area contributed by atoms with Crippen LogP contribution in [0.15, 0.2) is 16.9 Å². The first-order valence-electron chi connectivity index (χ1n) is 6.91. The summed E-state index contributed by atoms with van der Waals surface area (Å²) >= 11 is 3.35. The molecule has 0 radical (unpaired) electrons. The van der Waals surface area contributed by atoms with E-state index in [2.05, 4.69) is 57.1 Å². The van der Waals surface area contributed by atoms with Crippen LogP contribution >= 0.6 is 15.9 Å². The maximum absolute atomic E-state index is 4.28. The fraction of sp³-hybridized carbons (Fsp3) is 0.714. The number of halogens is 1. The largest absolute Gasteiger partial charge is 0.352 e. The van der Waals surface area contributed by atoms with E-state index >= 15 is 0 Å². The van der Waals surface area contributed by atoms with E-state index in [9.17, 15) is 0 Å². The van der Waals surface area contributed by atoms with Crippen LogP contribution in [0.2, 0.25) is 0 Å². The lowest BCUT2D eigenvalue weighted by Crippen LogP contribution is -2.52. The van der Waals surface area contributed by atoms with Crippen molar-refractivity contribution in [1.29, 1.82) is 0 Å². The molecule has 1 aliphatic rings. The first-order valence-corrected chi connectivity index (χ1v) is 7.70. The maximum atomic E-state index is 4.28. The van der Waals surface area contributed by atoms with Gasteiger partial charge in [0.1, 0.15) is 0 Å². The van der Waals surface area contributed by atoms with Crippen LogP contribution < -0.4 is 5.32 Å². The average molecular weight is 327 g/mol. The number of anilines is 1. The topological polar surface area (TPSA) is 41.1 Å². The third-order valence-electron chi connectivity index (χ3n) is 4.21. The molecule has 1 saturated carbocycles. The van der Waals surface area contributed by atoms with Gasteiger partial charge in [0.2, 0.25) is 5.95 Å². The molecule has 5 heteroatoms. The molecule has 1 heterocycles. The molecular weight excluding hydrogens is 304 g/mol. The molecule has 1 aliphatic carbocycles. The number of nitrogens with zero attached hydrogens (tertiary/aromatic N) is 3. The van der Waals surface area contributed by atoms with Crippen LogP contribution in [0.5, 0.6) is 0 Å². The van der Waals surface area contributed by atoms with E-state index in [0.717, 1.165) is 16.9 Å². The maximum Gasteiger partial charge on any atom is 0.222 e. The molecule has 1 aromatic heterocycles. The van der Waals surface area contributed by atoms with Crippen LogP contribution in [0, 0.1) is 5.92 Å². The molecule has 1 aromatic rings. The van der Waals surface area contributed by atoms with Crippen molar-refractivity contribution in [2.45, 2.75) is 38.1 Å². The van der Waals surface area contributed by atoms with Crippen LogP contribution in [-0.2, 0) is 0 Å². The second-order valence-electron chi connectivity index (χ2n) is 5.90. The lowest BCUT2D eigenvalue weighted by molar-refractivity contribution is 0.0881. The minimum absolute atomic E-state index is 0.230. The van der Waals surface area contributed by atoms with E-state index in [1.165, 1.54) is 25.7 Å². The van der Waals surface area contributed by atoms with Gasteiger partial charge in [-0.2, -0.15) is 0 Å². The fourth-order valence-electron chi connectivity index (χ4n) is 3.00. The highest BCUT2D eigenvalue weighted by Gasteiger charge is 2.36. The van der Waals surface area contributed by atoms with Crippen molar-refractivity contribution in [2.75, 3.05) is 26.0 Å². The summed E-state index contributed by atoms with van der Waals surface area (Å²) in [7, 11) is 4.37. The Morgan fingerprint density at radius 3 is 2.68 bits per heavy atom. The molecule has 0 spiro atoms. The summed E-state index contributed by atoms with van der Waals surface area (Å²) in [6.45, 7) is 3.26. The van der Waals surface area contributed by atoms with Gasteiger partial charge in [-0.1, -0.05) is 19.8 Å². The number of aromatic nitrogens is 2. The number of hydrogen-bond donors (Lipinski definition) is 1. The van der Waals surface area contributed by atoms with Gasteiger partial charge in [-0.15, -0.1) is 0 Å². The second-order valence-corrected chi connectivity index (χ2v) is 6.81. The summed E-state index contributed by atoms with van der Waals surface area (Å²) in [5, 5.41) is 3.40. The Labute approximate surface area is 124 Å². The third kappa shape index (κ3) is 3.66. The Morgan fingerprint density at radius 2 is 2.11 bits per heavy atom. The average Bonchev–Trinajstić information content (AvgIpc) is 2.38. The van der Waals surface area contributed by atoms with Gasteiger partial charge >= 0.3 is 0 Å². The van der Waals surface area contributed by atoms with E-state index in [4.69, 9.17) is 0 Å². The SMILES string of the molecule is CC1CCCC(CNc2ncc(Br)cn2)(N(C)C)C1. The minimum atomic E-state index is 0.230. The van der Waals surface area contributed by atoms with Crippen molar-refractivity contribution in [3.05, 3.63) is 16.9 Å². The van der Waals surface area contributed by atoms with Crippen molar-refractivity contribution in [3.8, 4) is 0 Å². The summed E-state index contributed by atoms with van der Waals surface area (Å²) in [6, 6.07) is 0. The van der Waals surface area contributed by atoms with E-state index < -0.39 is 0 Å². The highest BCUT2D eigenvalue weighted by Crippen LogP contribution is 2.35. The molecule has 2 unspecified atom stereocenters. The highest BCUT2D eigenvalue weighted by molar-refractivity contribution is 9.10. The lowest BCUT2D eigenvalue weighted by atomic mass is 9.75. The predicted molar refractivity (Wildman–Crippen MR) is 82.3 cm³/mol. The quantitative estimate of drug-likeness (QED) is 0.922. The van der Waals surface area contributed by atoms with E-state index in [1.54, 1.807) is 12.4 Å². The molecule has 0 bridgehead atoms. The fourth-order valence-corrected chi connectivity index (χ4v) is 3.21. The lowest BCUT2D eigenvalue weighted by Gasteiger charge is -2.45. The van der Waals surface area contributed by atoms with Gasteiger partial charge < -0.3 is 10.2 Å². The Balaban J connectivity index is 2.03. The van der Waals surface area contributed by atoms with Gasteiger partial charge in [-0.05, 0) is 48.8 Å². The van der Waals surface area contributed by atoms with Gasteiger partial charge in [0.25, 0.3) is 0 Å². The molecular formula is C14H23BrN4. The first kappa shape index (κ1) is 14.7. The third-order valence-corrected chi connectivity index (χ3v) is 4.62. The molecule has 0 aromatic carbocycles. The molecule has 0 amide bonds. The Morgan fingerprint density at radius 1 is 1.42 bits per heavy atom. The minimum Gasteiger partial charge on any atom is -0.352 e. The van der Waals surface area contributed by atoms with Gasteiger partial charge in [0.05, 0.1) is 4.47 Å². The van der Waals surface area contributed by atoms with Crippen molar-refractivity contribution >= 4 is 21.9 Å². The summed E-state index contributed by atoms with van der Waals surface area (Å²) in [6.07, 6.45) is 8.70. The Hall–Kier alpha value is -0.680. The second kappa shape index (κ2) is 6.18. The van der Waals surface area contributed by atoms with E-state index in [1.807, 2.05) is 0 Å². The van der Waals surface area contributed by atoms with Crippen LogP contribution in [0.1, 0.15) is 32.6 Å². The highest BCUT2D eigenvalue weighted by atomic mass is 79.9. The zero-order chi connectivity index (χ0) is 13.9. The van der Waals surface area contributed by atoms with Gasteiger partial charge in [-0.3, -0.25) is 0 Å². The standard InChI is InChI=1S/C14H23BrN4/c1-11-5-4-6-14(7-11,19(2)3)10-18-13-16-8-12(15)9-17-13/h8-9,11H,4-7,10H2,1-3H3,(H,16,17,18). The zero-order valence-corrected chi connectivity index (χ0v) is 13.6. The molecule has 2 rings (SSSR count). The molecule has 106 valence electrons. The van der Waals surface area contributed by atoms with Crippen molar-refractivity contribution < 1.29 is 0 Å². The molecule has 4 nitrogen and oxygen atoms in total. The smallest absolute Gasteiger partial charge is 0.222 e. The van der Waals surface area contributed by atoms with Gasteiger partial charge in [-0.25, -0.2) is 9.97 Å². The van der Waals surface area contributed by atoms with Crippen LogP contribution in [0.25, 0.3) is 0 Å². The number of nitrogens with one attached hydrogen (secondary N) is 1. The van der Waals surface area contributed by atoms with Crippen LogP contribution in [-0.4, -0.2) is 41.0 Å². The summed E-state index contributed by atoms with van der Waals surface area (Å²) in [4.78, 5) is 10.9. The van der Waals surface area contributed by atoms with Gasteiger partial charge in [0.15, 0.2) is 0 Å². The molecule has 1 N–H and O–H groups in total. The molecule has 2 atom stereocenters. The molecule has 19 heavy (non-hydrogen) atoms.